The number of nitrogens with zero attached hydrogens (tertiary/aromatic N) is 2. The van der Waals surface area contributed by atoms with E-state index in [-0.39, 0.29) is 0 Å². The zero-order chi connectivity index (χ0) is 8.39. The fourth-order valence-corrected chi connectivity index (χ4v) is 1.16. The maximum absolute atomic E-state index is 4.63. The van der Waals surface area contributed by atoms with Crippen molar-refractivity contribution in [2.75, 3.05) is 0 Å². The van der Waals surface area contributed by atoms with Crippen LogP contribution in [0.25, 0.3) is 11.4 Å². The third kappa shape index (κ3) is 1.38. The Kier molecular flexibility index (Phi) is 1.91. The molecule has 0 N–H and O–H groups in total. The van der Waals surface area contributed by atoms with E-state index in [9.17, 15) is 0 Å². The van der Waals surface area contributed by atoms with Gasteiger partial charge in [0.2, 0.25) is 12.2 Å². The third-order valence-electron chi connectivity index (χ3n) is 1.46. The first-order chi connectivity index (χ1) is 5.86. The zero-order valence-corrected chi connectivity index (χ0v) is 7.65. The molecule has 1 heterocycles. The van der Waals surface area contributed by atoms with Crippen LogP contribution < -0.4 is 0 Å². The number of halogens is 1. The molecule has 0 aliphatic rings. The molecule has 2 rings (SSSR count). The van der Waals surface area contributed by atoms with Crippen molar-refractivity contribution in [1.82, 2.24) is 10.1 Å². The molecule has 0 fully saturated rings. The molecule has 0 saturated carbocycles. The summed E-state index contributed by atoms with van der Waals surface area (Å²) in [6.45, 7) is 0. The van der Waals surface area contributed by atoms with E-state index in [4.69, 9.17) is 0 Å². The second-order valence-corrected chi connectivity index (χ2v) is 3.18. The lowest BCUT2D eigenvalue weighted by Gasteiger charge is -1.92. The molecule has 60 valence electrons. The monoisotopic (exact) mass is 224 g/mol. The summed E-state index contributed by atoms with van der Waals surface area (Å²) in [6.07, 6.45) is 1.32. The van der Waals surface area contributed by atoms with E-state index in [1.807, 2.05) is 24.3 Å². The molecular formula is C8H5BrN2O. The maximum atomic E-state index is 4.63. The van der Waals surface area contributed by atoms with Gasteiger partial charge in [-0.2, -0.15) is 4.98 Å². The summed E-state index contributed by atoms with van der Waals surface area (Å²) in [5, 5.41) is 3.71. The van der Waals surface area contributed by atoms with Crippen molar-refractivity contribution in [2.24, 2.45) is 0 Å². The average molecular weight is 225 g/mol. The Morgan fingerprint density at radius 2 is 1.92 bits per heavy atom. The Morgan fingerprint density at radius 3 is 2.50 bits per heavy atom. The summed E-state index contributed by atoms with van der Waals surface area (Å²) >= 11 is 3.34. The Morgan fingerprint density at radius 1 is 1.17 bits per heavy atom. The van der Waals surface area contributed by atoms with Gasteiger partial charge in [0.1, 0.15) is 0 Å². The molecule has 3 nitrogen and oxygen atoms in total. The number of rotatable bonds is 1. The molecule has 0 atom stereocenters. The lowest BCUT2D eigenvalue weighted by atomic mass is 10.2. The van der Waals surface area contributed by atoms with Gasteiger partial charge >= 0.3 is 0 Å². The van der Waals surface area contributed by atoms with Crippen molar-refractivity contribution in [3.8, 4) is 11.4 Å². The highest BCUT2D eigenvalue weighted by Gasteiger charge is 2.00. The maximum Gasteiger partial charge on any atom is 0.214 e. The van der Waals surface area contributed by atoms with E-state index in [1.165, 1.54) is 6.39 Å². The summed E-state index contributed by atoms with van der Waals surface area (Å²) in [5.74, 6) is 0.613. The van der Waals surface area contributed by atoms with E-state index in [1.54, 1.807) is 0 Å². The molecule has 1 aromatic heterocycles. The molecule has 0 saturated heterocycles. The van der Waals surface area contributed by atoms with Gasteiger partial charge in [0.25, 0.3) is 0 Å². The van der Waals surface area contributed by atoms with Gasteiger partial charge < -0.3 is 4.52 Å². The van der Waals surface area contributed by atoms with Crippen LogP contribution in [0.2, 0.25) is 0 Å². The Bertz CT molecular complexity index is 355. The van der Waals surface area contributed by atoms with Crippen LogP contribution in [-0.4, -0.2) is 10.1 Å². The summed E-state index contributed by atoms with van der Waals surface area (Å²) < 4.78 is 5.66. The second-order valence-electron chi connectivity index (χ2n) is 2.26. The van der Waals surface area contributed by atoms with E-state index in [0.717, 1.165) is 10.0 Å². The van der Waals surface area contributed by atoms with E-state index in [2.05, 4.69) is 30.6 Å². The minimum absolute atomic E-state index is 0.613. The number of hydrogen-bond donors (Lipinski definition) is 0. The van der Waals surface area contributed by atoms with Crippen LogP contribution in [0, 0.1) is 0 Å². The van der Waals surface area contributed by atoms with Crippen LogP contribution >= 0.6 is 15.9 Å². The molecule has 0 aliphatic heterocycles. The molecule has 0 spiro atoms. The van der Waals surface area contributed by atoms with Gasteiger partial charge in [-0.1, -0.05) is 21.1 Å². The summed E-state index contributed by atoms with van der Waals surface area (Å²) in [4.78, 5) is 3.92. The number of hydrogen-bond acceptors (Lipinski definition) is 3. The Balaban J connectivity index is 2.43. The molecule has 2 aromatic rings. The lowest BCUT2D eigenvalue weighted by Crippen LogP contribution is -1.78. The SMILES string of the molecule is Brc1ccc(-c2ncon2)cc1. The summed E-state index contributed by atoms with van der Waals surface area (Å²) in [7, 11) is 0. The van der Waals surface area contributed by atoms with Crippen molar-refractivity contribution in [3.63, 3.8) is 0 Å². The van der Waals surface area contributed by atoms with Crippen molar-refractivity contribution < 1.29 is 4.52 Å². The smallest absolute Gasteiger partial charge is 0.214 e. The van der Waals surface area contributed by atoms with E-state index in [0.29, 0.717) is 5.82 Å². The van der Waals surface area contributed by atoms with Gasteiger partial charge in [0.05, 0.1) is 0 Å². The van der Waals surface area contributed by atoms with Gasteiger partial charge in [-0.05, 0) is 24.3 Å². The van der Waals surface area contributed by atoms with E-state index >= 15 is 0 Å². The summed E-state index contributed by atoms with van der Waals surface area (Å²) in [5.41, 5.74) is 0.951. The molecule has 12 heavy (non-hydrogen) atoms. The van der Waals surface area contributed by atoms with Crippen LogP contribution in [0.15, 0.2) is 39.7 Å². The van der Waals surface area contributed by atoms with Crippen LogP contribution in [0.5, 0.6) is 0 Å². The second kappa shape index (κ2) is 3.06. The third-order valence-corrected chi connectivity index (χ3v) is 1.99. The molecule has 0 amide bonds. The molecule has 0 aliphatic carbocycles. The van der Waals surface area contributed by atoms with Gasteiger partial charge in [-0.3, -0.25) is 0 Å². The van der Waals surface area contributed by atoms with Crippen LogP contribution in [0.4, 0.5) is 0 Å². The highest BCUT2D eigenvalue weighted by atomic mass is 79.9. The minimum Gasteiger partial charge on any atom is -0.342 e. The van der Waals surface area contributed by atoms with Crippen LogP contribution in [0.3, 0.4) is 0 Å². The molecule has 0 radical (unpaired) electrons. The van der Waals surface area contributed by atoms with Gasteiger partial charge in [0, 0.05) is 10.0 Å². The predicted molar refractivity (Wildman–Crippen MR) is 47.4 cm³/mol. The first kappa shape index (κ1) is 7.49. The van der Waals surface area contributed by atoms with Gasteiger partial charge in [0.15, 0.2) is 0 Å². The van der Waals surface area contributed by atoms with Gasteiger partial charge in [-0.15, -0.1) is 0 Å². The molecule has 0 unspecified atom stereocenters. The molecule has 0 bridgehead atoms. The highest BCUT2D eigenvalue weighted by molar-refractivity contribution is 9.10. The normalized spacial score (nSPS) is 10.1. The van der Waals surface area contributed by atoms with Gasteiger partial charge in [-0.25, -0.2) is 0 Å². The van der Waals surface area contributed by atoms with E-state index < -0.39 is 0 Å². The minimum atomic E-state index is 0.613. The highest BCUT2D eigenvalue weighted by Crippen LogP contribution is 2.17. The predicted octanol–water partition coefficient (Wildman–Crippen LogP) is 2.50. The first-order valence-corrected chi connectivity index (χ1v) is 4.18. The number of aromatic nitrogens is 2. The number of benzene rings is 1. The van der Waals surface area contributed by atoms with Crippen molar-refractivity contribution >= 4 is 15.9 Å². The molecule has 1 aromatic carbocycles. The zero-order valence-electron chi connectivity index (χ0n) is 6.07. The average Bonchev–Trinajstić information content (AvgIpc) is 2.58. The fourth-order valence-electron chi connectivity index (χ4n) is 0.897. The van der Waals surface area contributed by atoms with Crippen molar-refractivity contribution in [3.05, 3.63) is 35.1 Å². The quantitative estimate of drug-likeness (QED) is 0.748. The lowest BCUT2D eigenvalue weighted by molar-refractivity contribution is 0.419. The molecular weight excluding hydrogens is 220 g/mol. The summed E-state index contributed by atoms with van der Waals surface area (Å²) in [6, 6.07) is 7.72. The van der Waals surface area contributed by atoms with Crippen molar-refractivity contribution in [2.45, 2.75) is 0 Å². The van der Waals surface area contributed by atoms with Crippen molar-refractivity contribution in [1.29, 1.82) is 0 Å². The molecule has 4 heteroatoms. The first-order valence-electron chi connectivity index (χ1n) is 3.38. The largest absolute Gasteiger partial charge is 0.342 e. The Labute approximate surface area is 77.5 Å². The topological polar surface area (TPSA) is 38.9 Å². The standard InChI is InChI=1S/C8H5BrN2O/c9-7-3-1-6(2-4-7)8-10-5-12-11-8/h1-5H. The van der Waals surface area contributed by atoms with Crippen LogP contribution in [-0.2, 0) is 0 Å². The Hall–Kier alpha value is -1.16. The fraction of sp³-hybridized carbons (Fsp3) is 0. The van der Waals surface area contributed by atoms with Crippen LogP contribution in [0.1, 0.15) is 0 Å².